The van der Waals surface area contributed by atoms with Gasteiger partial charge in [0.05, 0.1) is 22.8 Å². The molecule has 0 spiro atoms. The molecule has 3 rings (SSSR count). The number of carbonyl (C=O) groups excluding carboxylic acids is 1. The summed E-state index contributed by atoms with van der Waals surface area (Å²) in [7, 11) is 0. The molecule has 1 amide bonds. The standard InChI is InChI=1S/C17H23N5OS/c1-11-15(24-12(2)21-11)9-16(23)22-7-3-4-13(10-22)8-14-17(18)20-6-5-19-14/h5-6,13H,3-4,7-10H2,1-2H3,(H2,18,20). The molecule has 2 aromatic heterocycles. The third-order valence-corrected chi connectivity index (χ3v) is 5.54. The Morgan fingerprint density at radius 3 is 2.88 bits per heavy atom. The number of amides is 1. The predicted octanol–water partition coefficient (Wildman–Crippen LogP) is 2.16. The van der Waals surface area contributed by atoms with E-state index in [4.69, 9.17) is 5.73 Å². The van der Waals surface area contributed by atoms with E-state index in [0.29, 0.717) is 18.2 Å². The lowest BCUT2D eigenvalue weighted by Crippen LogP contribution is -2.41. The lowest BCUT2D eigenvalue weighted by molar-refractivity contribution is -0.132. The molecule has 128 valence electrons. The van der Waals surface area contributed by atoms with Gasteiger partial charge in [-0.25, -0.2) is 9.97 Å². The molecule has 1 atom stereocenters. The van der Waals surface area contributed by atoms with Crippen molar-refractivity contribution in [1.82, 2.24) is 19.9 Å². The number of piperidine rings is 1. The molecule has 2 N–H and O–H groups in total. The van der Waals surface area contributed by atoms with Crippen LogP contribution < -0.4 is 5.73 Å². The summed E-state index contributed by atoms with van der Waals surface area (Å²) in [5.74, 6) is 1.08. The summed E-state index contributed by atoms with van der Waals surface area (Å²) in [5.41, 5.74) is 7.71. The van der Waals surface area contributed by atoms with E-state index in [2.05, 4.69) is 15.0 Å². The topological polar surface area (TPSA) is 85.0 Å². The summed E-state index contributed by atoms with van der Waals surface area (Å²) in [6, 6.07) is 0. The summed E-state index contributed by atoms with van der Waals surface area (Å²) in [5, 5.41) is 1.02. The second-order valence-electron chi connectivity index (χ2n) is 6.36. The number of likely N-dealkylation sites (tertiary alicyclic amines) is 1. The van der Waals surface area contributed by atoms with Crippen LogP contribution in [0.5, 0.6) is 0 Å². The Hall–Kier alpha value is -2.02. The van der Waals surface area contributed by atoms with Crippen LogP contribution in [-0.4, -0.2) is 38.8 Å². The van der Waals surface area contributed by atoms with Crippen molar-refractivity contribution in [3.63, 3.8) is 0 Å². The Morgan fingerprint density at radius 1 is 1.38 bits per heavy atom. The van der Waals surface area contributed by atoms with Gasteiger partial charge in [0.25, 0.3) is 0 Å². The average molecular weight is 345 g/mol. The highest BCUT2D eigenvalue weighted by Crippen LogP contribution is 2.24. The number of aromatic nitrogens is 3. The van der Waals surface area contributed by atoms with Gasteiger partial charge in [0.1, 0.15) is 5.82 Å². The normalized spacial score (nSPS) is 17.9. The van der Waals surface area contributed by atoms with Crippen LogP contribution in [0.15, 0.2) is 12.4 Å². The van der Waals surface area contributed by atoms with Gasteiger partial charge < -0.3 is 10.6 Å². The molecule has 0 radical (unpaired) electrons. The van der Waals surface area contributed by atoms with Crippen molar-refractivity contribution in [2.75, 3.05) is 18.8 Å². The Morgan fingerprint density at radius 2 is 2.17 bits per heavy atom. The summed E-state index contributed by atoms with van der Waals surface area (Å²) in [6.07, 6.45) is 6.64. The average Bonchev–Trinajstić information content (AvgIpc) is 2.87. The van der Waals surface area contributed by atoms with Crippen LogP contribution in [-0.2, 0) is 17.6 Å². The van der Waals surface area contributed by atoms with Gasteiger partial charge in [-0.15, -0.1) is 11.3 Å². The van der Waals surface area contributed by atoms with Gasteiger partial charge in [0.2, 0.25) is 5.91 Å². The minimum absolute atomic E-state index is 0.193. The van der Waals surface area contributed by atoms with E-state index >= 15 is 0 Å². The number of nitrogens with two attached hydrogens (primary N) is 1. The van der Waals surface area contributed by atoms with Crippen molar-refractivity contribution in [1.29, 1.82) is 0 Å². The van der Waals surface area contributed by atoms with Crippen molar-refractivity contribution in [2.45, 2.75) is 39.5 Å². The van der Waals surface area contributed by atoms with Gasteiger partial charge in [-0.2, -0.15) is 0 Å². The second kappa shape index (κ2) is 7.25. The van der Waals surface area contributed by atoms with Crippen molar-refractivity contribution in [3.8, 4) is 0 Å². The maximum Gasteiger partial charge on any atom is 0.227 e. The summed E-state index contributed by atoms with van der Waals surface area (Å²) >= 11 is 1.62. The maximum atomic E-state index is 12.6. The smallest absolute Gasteiger partial charge is 0.227 e. The lowest BCUT2D eigenvalue weighted by atomic mass is 9.93. The quantitative estimate of drug-likeness (QED) is 0.918. The van der Waals surface area contributed by atoms with Crippen molar-refractivity contribution < 1.29 is 4.79 Å². The molecule has 3 heterocycles. The first-order chi connectivity index (χ1) is 11.5. The van der Waals surface area contributed by atoms with Gasteiger partial charge in [-0.1, -0.05) is 0 Å². The molecule has 2 aromatic rings. The fourth-order valence-electron chi connectivity index (χ4n) is 3.25. The highest BCUT2D eigenvalue weighted by atomic mass is 32.1. The Balaban J connectivity index is 1.61. The van der Waals surface area contributed by atoms with Gasteiger partial charge >= 0.3 is 0 Å². The number of aryl methyl sites for hydroxylation is 2. The minimum atomic E-state index is 0.193. The van der Waals surface area contributed by atoms with Gasteiger partial charge in [0.15, 0.2) is 0 Å². The van der Waals surface area contributed by atoms with E-state index in [0.717, 1.165) is 53.6 Å². The van der Waals surface area contributed by atoms with Crippen molar-refractivity contribution in [2.24, 2.45) is 5.92 Å². The van der Waals surface area contributed by atoms with E-state index in [-0.39, 0.29) is 5.91 Å². The molecule has 0 aliphatic carbocycles. The minimum Gasteiger partial charge on any atom is -0.382 e. The zero-order chi connectivity index (χ0) is 17.1. The monoisotopic (exact) mass is 345 g/mol. The number of hydrogen-bond donors (Lipinski definition) is 1. The van der Waals surface area contributed by atoms with Crippen LogP contribution in [0.4, 0.5) is 5.82 Å². The third kappa shape index (κ3) is 3.90. The number of rotatable bonds is 4. The van der Waals surface area contributed by atoms with E-state index in [1.165, 1.54) is 0 Å². The highest BCUT2D eigenvalue weighted by Gasteiger charge is 2.25. The van der Waals surface area contributed by atoms with Crippen LogP contribution in [0.1, 0.15) is 34.1 Å². The van der Waals surface area contributed by atoms with Gasteiger partial charge in [-0.3, -0.25) is 9.78 Å². The Bertz CT molecular complexity index is 730. The van der Waals surface area contributed by atoms with E-state index in [9.17, 15) is 4.79 Å². The van der Waals surface area contributed by atoms with Gasteiger partial charge in [0, 0.05) is 30.4 Å². The molecule has 1 aliphatic heterocycles. The molecule has 1 saturated heterocycles. The number of thiazole rings is 1. The number of nitrogen functional groups attached to an aromatic ring is 1. The number of hydrogen-bond acceptors (Lipinski definition) is 6. The van der Waals surface area contributed by atoms with Crippen LogP contribution in [0.2, 0.25) is 0 Å². The highest BCUT2D eigenvalue weighted by molar-refractivity contribution is 7.11. The Kier molecular flexibility index (Phi) is 5.08. The van der Waals surface area contributed by atoms with Crippen LogP contribution >= 0.6 is 11.3 Å². The zero-order valence-corrected chi connectivity index (χ0v) is 15.0. The number of nitrogens with zero attached hydrogens (tertiary/aromatic N) is 4. The number of anilines is 1. The maximum absolute atomic E-state index is 12.6. The van der Waals surface area contributed by atoms with E-state index in [1.54, 1.807) is 23.7 Å². The summed E-state index contributed by atoms with van der Waals surface area (Å²) in [4.78, 5) is 28.5. The predicted molar refractivity (Wildman–Crippen MR) is 94.7 cm³/mol. The van der Waals surface area contributed by atoms with Crippen molar-refractivity contribution >= 4 is 23.1 Å². The van der Waals surface area contributed by atoms with Gasteiger partial charge in [-0.05, 0) is 39.0 Å². The Labute approximate surface area is 146 Å². The first-order valence-electron chi connectivity index (χ1n) is 8.29. The first kappa shape index (κ1) is 16.8. The lowest BCUT2D eigenvalue weighted by Gasteiger charge is -2.32. The van der Waals surface area contributed by atoms with E-state index in [1.807, 2.05) is 18.7 Å². The molecule has 1 aliphatic rings. The molecule has 0 aromatic carbocycles. The molecule has 7 heteroatoms. The molecule has 0 bridgehead atoms. The SMILES string of the molecule is Cc1nc(C)c(CC(=O)N2CCCC(Cc3nccnc3N)C2)s1. The molecule has 24 heavy (non-hydrogen) atoms. The number of carbonyl (C=O) groups is 1. The molecule has 1 unspecified atom stereocenters. The van der Waals surface area contributed by atoms with Crippen LogP contribution in [0.25, 0.3) is 0 Å². The zero-order valence-electron chi connectivity index (χ0n) is 14.2. The fourth-order valence-corrected chi connectivity index (χ4v) is 4.18. The fraction of sp³-hybridized carbons (Fsp3) is 0.529. The molecular formula is C17H23N5OS. The van der Waals surface area contributed by atoms with E-state index < -0.39 is 0 Å². The third-order valence-electron chi connectivity index (χ3n) is 4.47. The molecule has 0 saturated carbocycles. The van der Waals surface area contributed by atoms with Crippen molar-refractivity contribution in [3.05, 3.63) is 33.7 Å². The molecule has 1 fully saturated rings. The second-order valence-corrected chi connectivity index (χ2v) is 7.65. The molecule has 6 nitrogen and oxygen atoms in total. The first-order valence-corrected chi connectivity index (χ1v) is 9.10. The summed E-state index contributed by atoms with van der Waals surface area (Å²) < 4.78 is 0. The largest absolute Gasteiger partial charge is 0.382 e. The molecular weight excluding hydrogens is 322 g/mol. The summed E-state index contributed by atoms with van der Waals surface area (Å²) in [6.45, 7) is 5.56. The van der Waals surface area contributed by atoms with Crippen LogP contribution in [0, 0.1) is 19.8 Å². The van der Waals surface area contributed by atoms with Crippen LogP contribution in [0.3, 0.4) is 0 Å².